The van der Waals surface area contributed by atoms with Crippen molar-refractivity contribution < 1.29 is 19.1 Å². The first-order chi connectivity index (χ1) is 13.5. The molecule has 1 heterocycles. The highest BCUT2D eigenvalue weighted by molar-refractivity contribution is 7.99. The smallest absolute Gasteiger partial charge is 0.405 e. The lowest BCUT2D eigenvalue weighted by Crippen LogP contribution is -2.37. The molecule has 0 bridgehead atoms. The molecule has 1 atom stereocenters. The number of benzene rings is 2. The van der Waals surface area contributed by atoms with Crippen molar-refractivity contribution in [3.05, 3.63) is 89.9 Å². The maximum Gasteiger partial charge on any atom is 0.405 e. The van der Waals surface area contributed by atoms with Gasteiger partial charge < -0.3 is 15.3 Å². The number of amides is 1. The van der Waals surface area contributed by atoms with Gasteiger partial charge in [-0.25, -0.2) is 4.79 Å². The normalized spacial score (nSPS) is 11.5. The van der Waals surface area contributed by atoms with Gasteiger partial charge in [-0.15, -0.1) is 0 Å². The van der Waals surface area contributed by atoms with Gasteiger partial charge in [0.2, 0.25) is 0 Å². The fraction of sp³-hybridized carbons (Fsp3) is 0.0952. The minimum Gasteiger partial charge on any atom is -0.618 e. The van der Waals surface area contributed by atoms with Gasteiger partial charge in [0, 0.05) is 21.9 Å². The minimum absolute atomic E-state index is 0.179. The number of nitrogens with one attached hydrogen (secondary N) is 1. The molecule has 0 unspecified atom stereocenters. The Morgan fingerprint density at radius 1 is 1.00 bits per heavy atom. The summed E-state index contributed by atoms with van der Waals surface area (Å²) in [6.07, 6.45) is 0.126. The van der Waals surface area contributed by atoms with Crippen LogP contribution in [0.1, 0.15) is 17.4 Å². The van der Waals surface area contributed by atoms with E-state index in [-0.39, 0.29) is 5.69 Å². The number of carbonyl (C=O) groups excluding carboxylic acids is 2. The molecule has 3 aromatic rings. The third kappa shape index (κ3) is 4.89. The number of esters is 1. The average Bonchev–Trinajstić information content (AvgIpc) is 2.70. The standard InChI is InChI=1S/C21H18N2O4S/c1-15(27-21(25)18-12-7-8-14-23(18)26)20(24)22-17-11-5-6-13-19(17)28-16-9-3-2-4-10-16/h2-15H,1H3,(H,22,24)/t15-/m0/s1. The van der Waals surface area contributed by atoms with E-state index < -0.39 is 18.0 Å². The van der Waals surface area contributed by atoms with Gasteiger partial charge in [0.1, 0.15) is 0 Å². The summed E-state index contributed by atoms with van der Waals surface area (Å²) in [5.41, 5.74) is 0.435. The highest BCUT2D eigenvalue weighted by Crippen LogP contribution is 2.33. The molecule has 0 fully saturated rings. The molecule has 28 heavy (non-hydrogen) atoms. The van der Waals surface area contributed by atoms with Crippen molar-refractivity contribution in [2.75, 3.05) is 5.32 Å². The molecule has 0 aliphatic heterocycles. The summed E-state index contributed by atoms with van der Waals surface area (Å²) < 4.78 is 5.53. The predicted molar refractivity (Wildman–Crippen MR) is 106 cm³/mol. The van der Waals surface area contributed by atoms with Crippen LogP contribution in [-0.4, -0.2) is 18.0 Å². The molecule has 0 aliphatic carbocycles. The summed E-state index contributed by atoms with van der Waals surface area (Å²) in [5.74, 6) is -1.34. The van der Waals surface area contributed by atoms with Gasteiger partial charge in [0.25, 0.3) is 5.91 Å². The van der Waals surface area contributed by atoms with Gasteiger partial charge in [-0.2, -0.15) is 4.73 Å². The maximum absolute atomic E-state index is 12.5. The molecule has 0 radical (unpaired) electrons. The van der Waals surface area contributed by atoms with Crippen molar-refractivity contribution >= 4 is 29.3 Å². The lowest BCUT2D eigenvalue weighted by molar-refractivity contribution is -0.608. The molecule has 142 valence electrons. The van der Waals surface area contributed by atoms with Crippen LogP contribution in [0, 0.1) is 5.21 Å². The topological polar surface area (TPSA) is 82.3 Å². The first-order valence-corrected chi connectivity index (χ1v) is 9.38. The monoisotopic (exact) mass is 394 g/mol. The quantitative estimate of drug-likeness (QED) is 0.392. The van der Waals surface area contributed by atoms with Crippen LogP contribution in [0.15, 0.2) is 88.8 Å². The van der Waals surface area contributed by atoms with Crippen molar-refractivity contribution in [3.63, 3.8) is 0 Å². The van der Waals surface area contributed by atoms with Crippen LogP contribution in [-0.2, 0) is 9.53 Å². The minimum atomic E-state index is -1.07. The number of pyridine rings is 1. The van der Waals surface area contributed by atoms with E-state index >= 15 is 0 Å². The van der Waals surface area contributed by atoms with Crippen molar-refractivity contribution in [3.8, 4) is 0 Å². The Hall–Kier alpha value is -3.32. The van der Waals surface area contributed by atoms with Gasteiger partial charge in [0.15, 0.2) is 12.3 Å². The Labute approximate surface area is 166 Å². The molecule has 2 aromatic carbocycles. The van der Waals surface area contributed by atoms with E-state index in [0.717, 1.165) is 9.79 Å². The van der Waals surface area contributed by atoms with E-state index in [1.54, 1.807) is 12.1 Å². The number of rotatable bonds is 6. The van der Waals surface area contributed by atoms with E-state index in [0.29, 0.717) is 10.4 Å². The Morgan fingerprint density at radius 2 is 1.68 bits per heavy atom. The second kappa shape index (κ2) is 9.05. The van der Waals surface area contributed by atoms with E-state index in [4.69, 9.17) is 4.74 Å². The molecule has 0 saturated heterocycles. The Kier molecular flexibility index (Phi) is 6.29. The molecule has 1 aromatic heterocycles. The second-order valence-electron chi connectivity index (χ2n) is 5.86. The zero-order valence-electron chi connectivity index (χ0n) is 15.1. The number of aromatic nitrogens is 1. The largest absolute Gasteiger partial charge is 0.618 e. The molecule has 0 aliphatic rings. The van der Waals surface area contributed by atoms with Crippen LogP contribution in [0.3, 0.4) is 0 Å². The molecule has 6 nitrogen and oxygen atoms in total. The summed E-state index contributed by atoms with van der Waals surface area (Å²) in [6.45, 7) is 1.46. The van der Waals surface area contributed by atoms with Gasteiger partial charge in [-0.1, -0.05) is 42.1 Å². The van der Waals surface area contributed by atoms with Crippen molar-refractivity contribution in [2.24, 2.45) is 0 Å². The number of nitrogens with zero attached hydrogens (tertiary/aromatic N) is 1. The van der Waals surface area contributed by atoms with Gasteiger partial charge in [-0.05, 0) is 37.3 Å². The van der Waals surface area contributed by atoms with Crippen LogP contribution in [0.25, 0.3) is 0 Å². The van der Waals surface area contributed by atoms with E-state index in [2.05, 4.69) is 5.32 Å². The summed E-state index contributed by atoms with van der Waals surface area (Å²) >= 11 is 1.51. The predicted octanol–water partition coefficient (Wildman–Crippen LogP) is 3.66. The molecule has 7 heteroatoms. The fourth-order valence-electron chi connectivity index (χ4n) is 2.37. The number of para-hydroxylation sites is 1. The van der Waals surface area contributed by atoms with E-state index in [1.165, 1.54) is 37.0 Å². The highest BCUT2D eigenvalue weighted by atomic mass is 32.2. The SMILES string of the molecule is C[C@H](OC(=O)c1cccc[n+]1[O-])C(=O)Nc1ccccc1Sc1ccccc1. The Morgan fingerprint density at radius 3 is 2.43 bits per heavy atom. The number of ether oxygens (including phenoxy) is 1. The third-order valence-corrected chi connectivity index (χ3v) is 4.89. The van der Waals surface area contributed by atoms with E-state index in [9.17, 15) is 14.8 Å². The molecular formula is C21H18N2O4S. The molecule has 1 N–H and O–H groups in total. The Balaban J connectivity index is 1.67. The van der Waals surface area contributed by atoms with Crippen molar-refractivity contribution in [2.45, 2.75) is 22.8 Å². The lowest BCUT2D eigenvalue weighted by atomic mass is 10.3. The average molecular weight is 394 g/mol. The number of carbonyl (C=O) groups is 2. The van der Waals surface area contributed by atoms with Crippen LogP contribution >= 0.6 is 11.8 Å². The van der Waals surface area contributed by atoms with Crippen LogP contribution in [0.2, 0.25) is 0 Å². The first-order valence-electron chi connectivity index (χ1n) is 8.56. The summed E-state index contributed by atoms with van der Waals surface area (Å²) in [6, 6.07) is 21.5. The second-order valence-corrected chi connectivity index (χ2v) is 6.98. The fourth-order valence-corrected chi connectivity index (χ4v) is 3.29. The molecule has 0 saturated carbocycles. The number of hydrogen-bond donors (Lipinski definition) is 1. The molecule has 3 rings (SSSR count). The van der Waals surface area contributed by atoms with Crippen LogP contribution in [0.5, 0.6) is 0 Å². The first kappa shape index (κ1) is 19.4. The molecule has 0 spiro atoms. The Bertz CT molecular complexity index is 979. The van der Waals surface area contributed by atoms with Gasteiger partial charge in [-0.3, -0.25) is 4.79 Å². The van der Waals surface area contributed by atoms with Gasteiger partial charge >= 0.3 is 11.7 Å². The molecular weight excluding hydrogens is 376 g/mol. The zero-order chi connectivity index (χ0) is 19.9. The summed E-state index contributed by atoms with van der Waals surface area (Å²) in [4.78, 5) is 26.5. The van der Waals surface area contributed by atoms with E-state index in [1.807, 2.05) is 48.5 Å². The van der Waals surface area contributed by atoms with Crippen molar-refractivity contribution in [1.82, 2.24) is 0 Å². The van der Waals surface area contributed by atoms with Crippen molar-refractivity contribution in [1.29, 1.82) is 0 Å². The van der Waals surface area contributed by atoms with Crippen LogP contribution in [0.4, 0.5) is 5.69 Å². The summed E-state index contributed by atoms with van der Waals surface area (Å²) in [5, 5.41) is 14.4. The number of hydrogen-bond acceptors (Lipinski definition) is 5. The molecule has 1 amide bonds. The maximum atomic E-state index is 12.5. The van der Waals surface area contributed by atoms with Gasteiger partial charge in [0.05, 0.1) is 5.69 Å². The lowest BCUT2D eigenvalue weighted by Gasteiger charge is -2.15. The van der Waals surface area contributed by atoms with Crippen LogP contribution < -0.4 is 10.0 Å². The third-order valence-electron chi connectivity index (χ3n) is 3.80. The number of anilines is 1. The highest BCUT2D eigenvalue weighted by Gasteiger charge is 2.24. The zero-order valence-corrected chi connectivity index (χ0v) is 15.9. The summed E-state index contributed by atoms with van der Waals surface area (Å²) in [7, 11) is 0.